The van der Waals surface area contributed by atoms with E-state index in [2.05, 4.69) is 21.2 Å². The lowest BCUT2D eigenvalue weighted by atomic mass is 9.95. The maximum atomic E-state index is 12.3. The van der Waals surface area contributed by atoms with Crippen molar-refractivity contribution in [3.8, 4) is 0 Å². The van der Waals surface area contributed by atoms with E-state index in [4.69, 9.17) is 22.3 Å². The molecule has 0 radical (unpaired) electrons. The minimum absolute atomic E-state index is 0.107. The van der Waals surface area contributed by atoms with Crippen LogP contribution in [0, 0.1) is 0 Å². The number of benzene rings is 1. The third-order valence-electron chi connectivity index (χ3n) is 3.47. The Balaban J connectivity index is 2.29. The zero-order valence-electron chi connectivity index (χ0n) is 11.0. The quantitative estimate of drug-likeness (QED) is 0.757. The Hall–Kier alpha value is -0.300. The molecule has 2 rings (SSSR count). The summed E-state index contributed by atoms with van der Waals surface area (Å²) >= 11 is 9.23. The summed E-state index contributed by atoms with van der Waals surface area (Å²) in [5.74, 6) is -0.380. The first-order valence-corrected chi connectivity index (χ1v) is 10.0. The van der Waals surface area contributed by atoms with E-state index in [0.717, 1.165) is 25.7 Å². The molecule has 0 atom stereocenters. The molecule has 116 valence electrons. The van der Waals surface area contributed by atoms with Crippen molar-refractivity contribution in [2.24, 2.45) is 0 Å². The first-order valence-electron chi connectivity index (χ1n) is 6.53. The molecule has 0 aromatic heterocycles. The van der Waals surface area contributed by atoms with Crippen molar-refractivity contribution < 1.29 is 13.2 Å². The molecule has 0 spiro atoms. The Morgan fingerprint density at radius 2 is 1.86 bits per heavy atom. The van der Waals surface area contributed by atoms with Crippen molar-refractivity contribution in [3.05, 3.63) is 27.2 Å². The Kier molecular flexibility index (Phi) is 5.57. The summed E-state index contributed by atoms with van der Waals surface area (Å²) in [7, 11) is 1.40. The zero-order valence-corrected chi connectivity index (χ0v) is 14.9. The number of amides is 1. The van der Waals surface area contributed by atoms with Crippen LogP contribution in [0.5, 0.6) is 0 Å². The normalized spacial score (nSPS) is 16.7. The molecule has 4 nitrogen and oxygen atoms in total. The van der Waals surface area contributed by atoms with Gasteiger partial charge in [0.25, 0.3) is 15.0 Å². The van der Waals surface area contributed by atoms with Gasteiger partial charge >= 0.3 is 0 Å². The monoisotopic (exact) mass is 413 g/mol. The van der Waals surface area contributed by atoms with Crippen LogP contribution >= 0.6 is 38.2 Å². The average Bonchev–Trinajstić information content (AvgIpc) is 2.41. The fourth-order valence-electron chi connectivity index (χ4n) is 2.38. The molecule has 1 aromatic rings. The summed E-state index contributed by atoms with van der Waals surface area (Å²) in [4.78, 5) is 12.2. The third-order valence-corrected chi connectivity index (χ3v) is 6.06. The maximum Gasteiger partial charge on any atom is 0.261 e. The number of nitrogens with one attached hydrogen (secondary N) is 1. The van der Waals surface area contributed by atoms with Gasteiger partial charge in [-0.25, -0.2) is 8.42 Å². The second-order valence-corrected chi connectivity index (χ2v) is 8.81. The van der Waals surface area contributed by atoms with Crippen molar-refractivity contribution in [3.63, 3.8) is 0 Å². The van der Waals surface area contributed by atoms with Crippen molar-refractivity contribution in [1.82, 2.24) is 5.32 Å². The minimum Gasteiger partial charge on any atom is -0.349 e. The first-order chi connectivity index (χ1) is 9.79. The highest BCUT2D eigenvalue weighted by Gasteiger charge is 2.22. The summed E-state index contributed by atoms with van der Waals surface area (Å²) in [6.45, 7) is 0. The first kappa shape index (κ1) is 17.1. The van der Waals surface area contributed by atoms with E-state index in [9.17, 15) is 13.2 Å². The summed E-state index contributed by atoms with van der Waals surface area (Å²) < 4.78 is 23.2. The van der Waals surface area contributed by atoms with Crippen LogP contribution < -0.4 is 5.32 Å². The molecule has 1 fully saturated rings. The third kappa shape index (κ3) is 4.34. The molecule has 1 aliphatic carbocycles. The maximum absolute atomic E-state index is 12.3. The number of carbonyl (C=O) groups excluding carboxylic acids is 1. The molecule has 0 saturated heterocycles. The Morgan fingerprint density at radius 3 is 2.43 bits per heavy atom. The van der Waals surface area contributed by atoms with Crippen LogP contribution in [0.4, 0.5) is 0 Å². The predicted molar refractivity (Wildman–Crippen MR) is 86.5 cm³/mol. The lowest BCUT2D eigenvalue weighted by Gasteiger charge is -2.23. The van der Waals surface area contributed by atoms with Gasteiger partial charge in [0.1, 0.15) is 0 Å². The topological polar surface area (TPSA) is 63.2 Å². The second kappa shape index (κ2) is 6.86. The summed E-state index contributed by atoms with van der Waals surface area (Å²) in [5.41, 5.74) is 0.107. The molecule has 8 heteroatoms. The molecule has 1 amide bonds. The van der Waals surface area contributed by atoms with Gasteiger partial charge in [-0.1, -0.05) is 30.9 Å². The highest BCUT2D eigenvalue weighted by atomic mass is 79.9. The predicted octanol–water partition coefficient (Wildman–Crippen LogP) is 4.09. The van der Waals surface area contributed by atoms with E-state index in [-0.39, 0.29) is 27.4 Å². The van der Waals surface area contributed by atoms with Crippen LogP contribution in [0.3, 0.4) is 0 Å². The number of carbonyl (C=O) groups is 1. The van der Waals surface area contributed by atoms with E-state index >= 15 is 0 Å². The van der Waals surface area contributed by atoms with Crippen molar-refractivity contribution in [2.75, 3.05) is 0 Å². The molecule has 0 bridgehead atoms. The van der Waals surface area contributed by atoms with Gasteiger partial charge in [0, 0.05) is 21.2 Å². The van der Waals surface area contributed by atoms with Gasteiger partial charge in [0.2, 0.25) is 0 Å². The Bertz CT molecular complexity index is 658. The molecular formula is C13H14BrCl2NO3S. The summed E-state index contributed by atoms with van der Waals surface area (Å²) in [5, 5.41) is 3.07. The van der Waals surface area contributed by atoms with Gasteiger partial charge in [-0.2, -0.15) is 0 Å². The molecule has 21 heavy (non-hydrogen) atoms. The van der Waals surface area contributed by atoms with Crippen molar-refractivity contribution in [2.45, 2.75) is 43.0 Å². The molecule has 0 aliphatic heterocycles. The Morgan fingerprint density at radius 1 is 1.24 bits per heavy atom. The second-order valence-electron chi connectivity index (χ2n) is 5.01. The molecular weight excluding hydrogens is 401 g/mol. The van der Waals surface area contributed by atoms with Gasteiger partial charge in [0.15, 0.2) is 0 Å². The van der Waals surface area contributed by atoms with Crippen LogP contribution in [-0.4, -0.2) is 20.4 Å². The van der Waals surface area contributed by atoms with Crippen LogP contribution in [0.25, 0.3) is 0 Å². The van der Waals surface area contributed by atoms with Crippen LogP contribution in [-0.2, 0) is 9.05 Å². The molecule has 1 aliphatic rings. The highest BCUT2D eigenvalue weighted by molar-refractivity contribution is 9.10. The summed E-state index contributed by atoms with van der Waals surface area (Å²) in [6.07, 6.45) is 5.20. The van der Waals surface area contributed by atoms with Gasteiger partial charge in [-0.15, -0.1) is 0 Å². The average molecular weight is 415 g/mol. The smallest absolute Gasteiger partial charge is 0.261 e. The van der Waals surface area contributed by atoms with E-state index < -0.39 is 9.05 Å². The lowest BCUT2D eigenvalue weighted by Crippen LogP contribution is -2.36. The largest absolute Gasteiger partial charge is 0.349 e. The number of rotatable bonds is 3. The lowest BCUT2D eigenvalue weighted by molar-refractivity contribution is 0.0927. The molecule has 1 N–H and O–H groups in total. The van der Waals surface area contributed by atoms with Gasteiger partial charge in [0.05, 0.1) is 15.5 Å². The van der Waals surface area contributed by atoms with Crippen molar-refractivity contribution >= 4 is 53.2 Å². The SMILES string of the molecule is O=C(NC1CCCCC1)c1cc(S(=O)(=O)Cl)cc(Br)c1Cl. The van der Waals surface area contributed by atoms with E-state index in [0.29, 0.717) is 4.47 Å². The van der Waals surface area contributed by atoms with E-state index in [1.54, 1.807) is 0 Å². The van der Waals surface area contributed by atoms with E-state index in [1.807, 2.05) is 0 Å². The fraction of sp³-hybridized carbons (Fsp3) is 0.462. The van der Waals surface area contributed by atoms with Crippen LogP contribution in [0.2, 0.25) is 5.02 Å². The number of hydrogen-bond donors (Lipinski definition) is 1. The van der Waals surface area contributed by atoms with Gasteiger partial charge < -0.3 is 5.32 Å². The molecule has 1 aromatic carbocycles. The molecule has 0 unspecified atom stereocenters. The fourth-order valence-corrected chi connectivity index (χ4v) is 3.97. The highest BCUT2D eigenvalue weighted by Crippen LogP contribution is 2.31. The minimum atomic E-state index is -3.93. The molecule has 1 saturated carbocycles. The number of hydrogen-bond acceptors (Lipinski definition) is 3. The van der Waals surface area contributed by atoms with Crippen LogP contribution in [0.15, 0.2) is 21.5 Å². The van der Waals surface area contributed by atoms with E-state index in [1.165, 1.54) is 18.6 Å². The van der Waals surface area contributed by atoms with Gasteiger partial charge in [-0.3, -0.25) is 4.79 Å². The summed E-state index contributed by atoms with van der Waals surface area (Å²) in [6, 6.07) is 2.59. The number of halogens is 3. The van der Waals surface area contributed by atoms with Gasteiger partial charge in [-0.05, 0) is 40.9 Å². The van der Waals surface area contributed by atoms with Crippen LogP contribution in [0.1, 0.15) is 42.5 Å². The molecule has 0 heterocycles. The standard InChI is InChI=1S/C13H14BrCl2NO3S/c14-11-7-9(21(16,19)20)6-10(12(11)15)13(18)17-8-4-2-1-3-5-8/h6-8H,1-5H2,(H,17,18). The zero-order chi connectivity index (χ0) is 15.6. The van der Waals surface area contributed by atoms with Crippen molar-refractivity contribution in [1.29, 1.82) is 0 Å². The Labute approximate surface area is 141 Å².